The van der Waals surface area contributed by atoms with Crippen molar-refractivity contribution in [1.82, 2.24) is 4.98 Å². The zero-order valence-electron chi connectivity index (χ0n) is 12.6. The summed E-state index contributed by atoms with van der Waals surface area (Å²) >= 11 is 0. The Bertz CT molecular complexity index is 574. The lowest BCUT2D eigenvalue weighted by Gasteiger charge is -2.12. The Labute approximate surface area is 120 Å². The summed E-state index contributed by atoms with van der Waals surface area (Å²) in [6.07, 6.45) is 1.71. The number of hydrogen-bond donors (Lipinski definition) is 1. The van der Waals surface area contributed by atoms with Crippen LogP contribution in [0, 0.1) is 6.92 Å². The molecule has 0 saturated carbocycles. The number of aromatic nitrogens is 1. The van der Waals surface area contributed by atoms with E-state index >= 15 is 0 Å². The van der Waals surface area contributed by atoms with E-state index in [-0.39, 0.29) is 6.04 Å². The SMILES string of the molecule is Cc1cc(Oc2ccc([C@H](C)N)nc2)ccc1C(C)C. The molecule has 0 aliphatic rings. The first-order valence-corrected chi connectivity index (χ1v) is 6.97. The molecule has 0 amide bonds. The van der Waals surface area contributed by atoms with Gasteiger partial charge in [0.15, 0.2) is 0 Å². The predicted octanol–water partition coefficient (Wildman–Crippen LogP) is 4.33. The molecule has 1 heterocycles. The molecule has 0 aliphatic carbocycles. The highest BCUT2D eigenvalue weighted by atomic mass is 16.5. The summed E-state index contributed by atoms with van der Waals surface area (Å²) in [5, 5.41) is 0. The van der Waals surface area contributed by atoms with Gasteiger partial charge in [0.1, 0.15) is 11.5 Å². The van der Waals surface area contributed by atoms with E-state index in [0.29, 0.717) is 5.92 Å². The van der Waals surface area contributed by atoms with Crippen molar-refractivity contribution >= 4 is 0 Å². The van der Waals surface area contributed by atoms with Crippen molar-refractivity contribution < 1.29 is 4.74 Å². The van der Waals surface area contributed by atoms with E-state index in [2.05, 4.69) is 37.9 Å². The molecule has 1 aromatic heterocycles. The largest absolute Gasteiger partial charge is 0.456 e. The van der Waals surface area contributed by atoms with Crippen molar-refractivity contribution in [2.45, 2.75) is 39.7 Å². The second kappa shape index (κ2) is 6.06. The Morgan fingerprint density at radius 1 is 1.05 bits per heavy atom. The summed E-state index contributed by atoms with van der Waals surface area (Å²) < 4.78 is 5.83. The molecule has 0 saturated heterocycles. The van der Waals surface area contributed by atoms with Crippen molar-refractivity contribution in [3.63, 3.8) is 0 Å². The maximum Gasteiger partial charge on any atom is 0.145 e. The van der Waals surface area contributed by atoms with Crippen LogP contribution in [0.4, 0.5) is 0 Å². The molecular weight excluding hydrogens is 248 g/mol. The molecule has 2 rings (SSSR count). The van der Waals surface area contributed by atoms with Crippen molar-refractivity contribution in [1.29, 1.82) is 0 Å². The fourth-order valence-electron chi connectivity index (χ4n) is 2.22. The summed E-state index contributed by atoms with van der Waals surface area (Å²) in [6, 6.07) is 9.93. The van der Waals surface area contributed by atoms with Crippen molar-refractivity contribution in [2.75, 3.05) is 0 Å². The van der Waals surface area contributed by atoms with Gasteiger partial charge < -0.3 is 10.5 Å². The van der Waals surface area contributed by atoms with Gasteiger partial charge in [0.05, 0.1) is 11.9 Å². The van der Waals surface area contributed by atoms with Crippen LogP contribution in [0.1, 0.15) is 49.6 Å². The van der Waals surface area contributed by atoms with Crippen LogP contribution < -0.4 is 10.5 Å². The molecule has 0 fully saturated rings. The predicted molar refractivity (Wildman–Crippen MR) is 82.2 cm³/mol. The van der Waals surface area contributed by atoms with Crippen LogP contribution in [-0.2, 0) is 0 Å². The van der Waals surface area contributed by atoms with Gasteiger partial charge in [0, 0.05) is 6.04 Å². The molecule has 0 unspecified atom stereocenters. The van der Waals surface area contributed by atoms with E-state index in [1.165, 1.54) is 11.1 Å². The molecule has 0 aliphatic heterocycles. The van der Waals surface area contributed by atoms with Crippen LogP contribution in [0.15, 0.2) is 36.5 Å². The Hall–Kier alpha value is -1.87. The van der Waals surface area contributed by atoms with Crippen molar-refractivity contribution in [3.05, 3.63) is 53.3 Å². The van der Waals surface area contributed by atoms with Gasteiger partial charge in [-0.25, -0.2) is 0 Å². The Morgan fingerprint density at radius 3 is 2.25 bits per heavy atom. The van der Waals surface area contributed by atoms with Gasteiger partial charge in [-0.2, -0.15) is 0 Å². The number of pyridine rings is 1. The minimum Gasteiger partial charge on any atom is -0.456 e. The average Bonchev–Trinajstić information content (AvgIpc) is 2.39. The molecule has 20 heavy (non-hydrogen) atoms. The number of ether oxygens (including phenoxy) is 1. The maximum absolute atomic E-state index is 5.83. The molecule has 0 spiro atoms. The maximum atomic E-state index is 5.83. The third-order valence-electron chi connectivity index (χ3n) is 3.32. The van der Waals surface area contributed by atoms with Crippen LogP contribution in [0.5, 0.6) is 11.5 Å². The minimum absolute atomic E-state index is 0.0587. The summed E-state index contributed by atoms with van der Waals surface area (Å²) in [5.74, 6) is 2.09. The van der Waals surface area contributed by atoms with Crippen molar-refractivity contribution in [3.8, 4) is 11.5 Å². The highest BCUT2D eigenvalue weighted by Crippen LogP contribution is 2.27. The molecule has 0 bridgehead atoms. The Balaban J connectivity index is 2.15. The number of aryl methyl sites for hydroxylation is 1. The van der Waals surface area contributed by atoms with Gasteiger partial charge in [0.25, 0.3) is 0 Å². The number of nitrogens with two attached hydrogens (primary N) is 1. The lowest BCUT2D eigenvalue weighted by atomic mass is 9.98. The van der Waals surface area contributed by atoms with Gasteiger partial charge in [-0.15, -0.1) is 0 Å². The molecule has 106 valence electrons. The zero-order chi connectivity index (χ0) is 14.7. The second-order valence-corrected chi connectivity index (χ2v) is 5.48. The summed E-state index contributed by atoms with van der Waals surface area (Å²) in [5.41, 5.74) is 9.24. The quantitative estimate of drug-likeness (QED) is 0.899. The molecular formula is C17H22N2O. The van der Waals surface area contributed by atoms with E-state index in [1.807, 2.05) is 25.1 Å². The summed E-state index contributed by atoms with van der Waals surface area (Å²) in [6.45, 7) is 8.41. The number of nitrogens with zero attached hydrogens (tertiary/aromatic N) is 1. The van der Waals surface area contributed by atoms with Crippen molar-refractivity contribution in [2.24, 2.45) is 5.73 Å². The van der Waals surface area contributed by atoms with Crippen LogP contribution in [-0.4, -0.2) is 4.98 Å². The van der Waals surface area contributed by atoms with E-state index < -0.39 is 0 Å². The summed E-state index contributed by atoms with van der Waals surface area (Å²) in [4.78, 5) is 4.29. The minimum atomic E-state index is -0.0587. The van der Waals surface area contributed by atoms with E-state index in [0.717, 1.165) is 17.2 Å². The lowest BCUT2D eigenvalue weighted by Crippen LogP contribution is -2.06. The molecule has 2 N–H and O–H groups in total. The smallest absolute Gasteiger partial charge is 0.145 e. The second-order valence-electron chi connectivity index (χ2n) is 5.48. The van der Waals surface area contributed by atoms with Crippen LogP contribution >= 0.6 is 0 Å². The van der Waals surface area contributed by atoms with Crippen LogP contribution in [0.25, 0.3) is 0 Å². The molecule has 0 radical (unpaired) electrons. The zero-order valence-corrected chi connectivity index (χ0v) is 12.6. The van der Waals surface area contributed by atoms with Gasteiger partial charge in [-0.05, 0) is 55.2 Å². The average molecular weight is 270 g/mol. The van der Waals surface area contributed by atoms with Gasteiger partial charge in [-0.3, -0.25) is 4.98 Å². The van der Waals surface area contributed by atoms with E-state index in [4.69, 9.17) is 10.5 Å². The monoisotopic (exact) mass is 270 g/mol. The van der Waals surface area contributed by atoms with E-state index in [1.54, 1.807) is 6.20 Å². The third-order valence-corrected chi connectivity index (χ3v) is 3.32. The fourth-order valence-corrected chi connectivity index (χ4v) is 2.22. The Kier molecular flexibility index (Phi) is 4.40. The van der Waals surface area contributed by atoms with E-state index in [9.17, 15) is 0 Å². The molecule has 1 aromatic carbocycles. The molecule has 1 atom stereocenters. The number of benzene rings is 1. The van der Waals surface area contributed by atoms with Gasteiger partial charge >= 0.3 is 0 Å². The topological polar surface area (TPSA) is 48.1 Å². The molecule has 3 heteroatoms. The first kappa shape index (κ1) is 14.5. The number of hydrogen-bond acceptors (Lipinski definition) is 3. The van der Waals surface area contributed by atoms with Crippen LogP contribution in [0.3, 0.4) is 0 Å². The highest BCUT2D eigenvalue weighted by Gasteiger charge is 2.06. The summed E-state index contributed by atoms with van der Waals surface area (Å²) in [7, 11) is 0. The lowest BCUT2D eigenvalue weighted by molar-refractivity contribution is 0.478. The fraction of sp³-hybridized carbons (Fsp3) is 0.353. The molecule has 2 aromatic rings. The highest BCUT2D eigenvalue weighted by molar-refractivity contribution is 5.38. The van der Waals surface area contributed by atoms with Gasteiger partial charge in [0.2, 0.25) is 0 Å². The Morgan fingerprint density at radius 2 is 1.75 bits per heavy atom. The first-order valence-electron chi connectivity index (χ1n) is 6.97. The number of rotatable bonds is 4. The third kappa shape index (κ3) is 3.36. The standard InChI is InChI=1S/C17H22N2O/c1-11(2)16-7-5-14(9-12(16)3)20-15-6-8-17(13(4)18)19-10-15/h5-11,13H,18H2,1-4H3/t13-/m0/s1. The normalized spacial score (nSPS) is 12.5. The molecule has 3 nitrogen and oxygen atoms in total. The first-order chi connectivity index (χ1) is 9.47. The van der Waals surface area contributed by atoms with Crippen LogP contribution in [0.2, 0.25) is 0 Å². The van der Waals surface area contributed by atoms with Gasteiger partial charge in [-0.1, -0.05) is 19.9 Å².